The number of aromatic hydroxyl groups is 2. The SMILES string of the molecule is CCCCCCCc1ccc(C(=O)Nc2c(O)cccc2O)cc1. The molecule has 0 aliphatic rings. The molecule has 128 valence electrons. The first-order chi connectivity index (χ1) is 11.6. The Morgan fingerprint density at radius 2 is 1.54 bits per heavy atom. The molecule has 24 heavy (non-hydrogen) atoms. The summed E-state index contributed by atoms with van der Waals surface area (Å²) in [6, 6.07) is 11.8. The Morgan fingerprint density at radius 1 is 0.917 bits per heavy atom. The predicted octanol–water partition coefficient (Wildman–Crippen LogP) is 4.86. The van der Waals surface area contributed by atoms with Gasteiger partial charge < -0.3 is 15.5 Å². The summed E-state index contributed by atoms with van der Waals surface area (Å²) >= 11 is 0. The molecule has 1 amide bonds. The molecule has 0 saturated heterocycles. The number of para-hydroxylation sites is 1. The van der Waals surface area contributed by atoms with Gasteiger partial charge in [-0.25, -0.2) is 0 Å². The molecule has 2 rings (SSSR count). The first kappa shape index (κ1) is 17.9. The van der Waals surface area contributed by atoms with Crippen LogP contribution in [0.15, 0.2) is 42.5 Å². The van der Waals surface area contributed by atoms with Crippen LogP contribution in [0.1, 0.15) is 54.9 Å². The van der Waals surface area contributed by atoms with Crippen molar-refractivity contribution in [3.05, 3.63) is 53.6 Å². The quantitative estimate of drug-likeness (QED) is 0.479. The van der Waals surface area contributed by atoms with Gasteiger partial charge in [0.05, 0.1) is 0 Å². The Morgan fingerprint density at radius 3 is 2.17 bits per heavy atom. The van der Waals surface area contributed by atoms with Crippen LogP contribution in [0.3, 0.4) is 0 Å². The fourth-order valence-electron chi connectivity index (χ4n) is 2.60. The number of phenolic OH excluding ortho intramolecular Hbond substituents is 2. The largest absolute Gasteiger partial charge is 0.506 e. The minimum atomic E-state index is -0.360. The standard InChI is InChI=1S/C20H25NO3/c1-2-3-4-5-6-8-15-11-13-16(14-12-15)20(24)21-19-17(22)9-7-10-18(19)23/h7,9-14,22-23H,2-6,8H2,1H3,(H,21,24). The lowest BCUT2D eigenvalue weighted by atomic mass is 10.0. The van der Waals surface area contributed by atoms with E-state index in [4.69, 9.17) is 0 Å². The van der Waals surface area contributed by atoms with Gasteiger partial charge >= 0.3 is 0 Å². The van der Waals surface area contributed by atoms with E-state index >= 15 is 0 Å². The fourth-order valence-corrected chi connectivity index (χ4v) is 2.60. The summed E-state index contributed by atoms with van der Waals surface area (Å²) in [7, 11) is 0. The van der Waals surface area contributed by atoms with E-state index < -0.39 is 0 Å². The van der Waals surface area contributed by atoms with Crippen LogP contribution in [0.2, 0.25) is 0 Å². The van der Waals surface area contributed by atoms with Crippen molar-refractivity contribution >= 4 is 11.6 Å². The Balaban J connectivity index is 1.91. The number of rotatable bonds is 8. The number of unbranched alkanes of at least 4 members (excludes halogenated alkanes) is 4. The van der Waals surface area contributed by atoms with Crippen molar-refractivity contribution in [1.82, 2.24) is 0 Å². The molecule has 0 heterocycles. The summed E-state index contributed by atoms with van der Waals surface area (Å²) in [5, 5.41) is 22.0. The van der Waals surface area contributed by atoms with Gasteiger partial charge in [-0.3, -0.25) is 4.79 Å². The molecule has 0 saturated carbocycles. The van der Waals surface area contributed by atoms with Gasteiger partial charge in [0.1, 0.15) is 17.2 Å². The molecular weight excluding hydrogens is 302 g/mol. The maximum atomic E-state index is 12.2. The van der Waals surface area contributed by atoms with Crippen LogP contribution in [0, 0.1) is 0 Å². The van der Waals surface area contributed by atoms with Crippen molar-refractivity contribution in [1.29, 1.82) is 0 Å². The topological polar surface area (TPSA) is 69.6 Å². The molecule has 0 aromatic heterocycles. The number of hydrogen-bond donors (Lipinski definition) is 3. The third kappa shape index (κ3) is 5.01. The van der Waals surface area contributed by atoms with Gasteiger partial charge in [-0.15, -0.1) is 0 Å². The van der Waals surface area contributed by atoms with E-state index in [1.807, 2.05) is 12.1 Å². The van der Waals surface area contributed by atoms with Crippen LogP contribution >= 0.6 is 0 Å². The van der Waals surface area contributed by atoms with Crippen LogP contribution in [-0.4, -0.2) is 16.1 Å². The number of anilines is 1. The van der Waals surface area contributed by atoms with Crippen LogP contribution in [-0.2, 0) is 6.42 Å². The highest BCUT2D eigenvalue weighted by atomic mass is 16.3. The average molecular weight is 327 g/mol. The number of hydrogen-bond acceptors (Lipinski definition) is 3. The van der Waals surface area contributed by atoms with Crippen LogP contribution in [0.5, 0.6) is 11.5 Å². The summed E-state index contributed by atoms with van der Waals surface area (Å²) in [6.07, 6.45) is 7.24. The lowest BCUT2D eigenvalue weighted by molar-refractivity contribution is 0.102. The monoisotopic (exact) mass is 327 g/mol. The molecule has 0 spiro atoms. The minimum absolute atomic E-state index is 0.0301. The van der Waals surface area contributed by atoms with Gasteiger partial charge in [0.2, 0.25) is 0 Å². The molecular formula is C20H25NO3. The fraction of sp³-hybridized carbons (Fsp3) is 0.350. The van der Waals surface area contributed by atoms with Crippen LogP contribution in [0.4, 0.5) is 5.69 Å². The van der Waals surface area contributed by atoms with Crippen molar-refractivity contribution in [3.8, 4) is 11.5 Å². The van der Waals surface area contributed by atoms with Gasteiger partial charge in [-0.2, -0.15) is 0 Å². The third-order valence-electron chi connectivity index (χ3n) is 4.04. The number of nitrogens with one attached hydrogen (secondary N) is 1. The number of carbonyl (C=O) groups is 1. The van der Waals surface area contributed by atoms with Gasteiger partial charge in [0, 0.05) is 5.56 Å². The van der Waals surface area contributed by atoms with Crippen LogP contribution in [0.25, 0.3) is 0 Å². The number of carbonyl (C=O) groups excluding carboxylic acids is 1. The first-order valence-electron chi connectivity index (χ1n) is 8.53. The second-order valence-corrected chi connectivity index (χ2v) is 5.99. The highest BCUT2D eigenvalue weighted by Gasteiger charge is 2.12. The normalized spacial score (nSPS) is 10.5. The molecule has 0 aliphatic carbocycles. The summed E-state index contributed by atoms with van der Waals surface area (Å²) < 4.78 is 0. The zero-order valence-corrected chi connectivity index (χ0v) is 14.1. The summed E-state index contributed by atoms with van der Waals surface area (Å²) in [6.45, 7) is 2.21. The van der Waals surface area contributed by atoms with E-state index in [2.05, 4.69) is 12.2 Å². The molecule has 0 bridgehead atoms. The molecule has 0 fully saturated rings. The molecule has 2 aromatic rings. The van der Waals surface area contributed by atoms with Crippen molar-refractivity contribution in [2.24, 2.45) is 0 Å². The summed E-state index contributed by atoms with van der Waals surface area (Å²) in [5.41, 5.74) is 1.74. The molecule has 0 atom stereocenters. The number of amides is 1. The lowest BCUT2D eigenvalue weighted by Gasteiger charge is -2.09. The van der Waals surface area contributed by atoms with E-state index in [1.54, 1.807) is 12.1 Å². The molecule has 4 nitrogen and oxygen atoms in total. The van der Waals surface area contributed by atoms with Crippen molar-refractivity contribution in [3.63, 3.8) is 0 Å². The second-order valence-electron chi connectivity index (χ2n) is 5.99. The van der Waals surface area contributed by atoms with Gasteiger partial charge in [-0.05, 0) is 42.7 Å². The van der Waals surface area contributed by atoms with E-state index in [9.17, 15) is 15.0 Å². The van der Waals surface area contributed by atoms with Crippen molar-refractivity contribution in [2.45, 2.75) is 45.4 Å². The smallest absolute Gasteiger partial charge is 0.255 e. The maximum Gasteiger partial charge on any atom is 0.255 e. The van der Waals surface area contributed by atoms with Crippen molar-refractivity contribution < 1.29 is 15.0 Å². The minimum Gasteiger partial charge on any atom is -0.506 e. The maximum absolute atomic E-state index is 12.2. The third-order valence-corrected chi connectivity index (χ3v) is 4.04. The molecule has 0 aliphatic heterocycles. The molecule has 0 radical (unpaired) electrons. The molecule has 0 unspecified atom stereocenters. The zero-order valence-electron chi connectivity index (χ0n) is 14.1. The van der Waals surface area contributed by atoms with Crippen LogP contribution < -0.4 is 5.32 Å². The summed E-state index contributed by atoms with van der Waals surface area (Å²) in [5.74, 6) is -0.680. The lowest BCUT2D eigenvalue weighted by Crippen LogP contribution is -2.12. The van der Waals surface area contributed by atoms with E-state index in [0.717, 1.165) is 12.8 Å². The van der Waals surface area contributed by atoms with Gasteiger partial charge in [0.25, 0.3) is 5.91 Å². The molecule has 3 N–H and O–H groups in total. The first-order valence-corrected chi connectivity index (χ1v) is 8.53. The van der Waals surface area contributed by atoms with E-state index in [1.165, 1.54) is 49.4 Å². The number of aryl methyl sites for hydroxylation is 1. The highest BCUT2D eigenvalue weighted by Crippen LogP contribution is 2.32. The van der Waals surface area contributed by atoms with Gasteiger partial charge in [0.15, 0.2) is 0 Å². The predicted molar refractivity (Wildman–Crippen MR) is 96.6 cm³/mol. The highest BCUT2D eigenvalue weighted by molar-refractivity contribution is 6.05. The second kappa shape index (κ2) is 8.96. The molecule has 2 aromatic carbocycles. The Kier molecular flexibility index (Phi) is 6.67. The number of benzene rings is 2. The summed E-state index contributed by atoms with van der Waals surface area (Å²) in [4.78, 5) is 12.2. The molecule has 4 heteroatoms. The van der Waals surface area contributed by atoms with E-state index in [0.29, 0.717) is 5.56 Å². The van der Waals surface area contributed by atoms with E-state index in [-0.39, 0.29) is 23.1 Å². The Bertz CT molecular complexity index is 645. The Labute approximate surface area is 143 Å². The van der Waals surface area contributed by atoms with Crippen molar-refractivity contribution in [2.75, 3.05) is 5.32 Å². The average Bonchev–Trinajstić information content (AvgIpc) is 2.58. The zero-order chi connectivity index (χ0) is 17.4. The number of phenols is 2. The van der Waals surface area contributed by atoms with Gasteiger partial charge in [-0.1, -0.05) is 50.8 Å². The Hall–Kier alpha value is -2.49.